The predicted molar refractivity (Wildman–Crippen MR) is 182 cm³/mol. The first-order valence-corrected chi connectivity index (χ1v) is 16.8. The third kappa shape index (κ3) is 9.11. The van der Waals surface area contributed by atoms with Crippen LogP contribution in [-0.4, -0.2) is 45.0 Å². The summed E-state index contributed by atoms with van der Waals surface area (Å²) in [6.07, 6.45) is -0.680. The zero-order valence-electron chi connectivity index (χ0n) is 26.6. The van der Waals surface area contributed by atoms with E-state index >= 15 is 0 Å². The third-order valence-electron chi connectivity index (χ3n) is 8.42. The van der Waals surface area contributed by atoms with Gasteiger partial charge in [-0.05, 0) is 58.5 Å². The van der Waals surface area contributed by atoms with Gasteiger partial charge in [0.2, 0.25) is 5.91 Å². The van der Waals surface area contributed by atoms with Crippen LogP contribution in [0.3, 0.4) is 0 Å². The van der Waals surface area contributed by atoms with Gasteiger partial charge in [-0.15, -0.1) is 11.8 Å². The van der Waals surface area contributed by atoms with E-state index in [4.69, 9.17) is 14.6 Å². The maximum Gasteiger partial charge on any atom is 0.335 e. The first kappa shape index (κ1) is 34.8. The summed E-state index contributed by atoms with van der Waals surface area (Å²) in [5.41, 5.74) is 5.78. The minimum Gasteiger partial charge on any atom is -0.481 e. The van der Waals surface area contributed by atoms with Crippen LogP contribution in [-0.2, 0) is 32.2 Å². The van der Waals surface area contributed by atoms with Crippen LogP contribution in [0.1, 0.15) is 71.2 Å². The van der Waals surface area contributed by atoms with Gasteiger partial charge in [-0.25, -0.2) is 4.79 Å². The number of hydrogen-bond donors (Lipinski definition) is 4. The van der Waals surface area contributed by atoms with E-state index in [1.165, 1.54) is 0 Å². The van der Waals surface area contributed by atoms with E-state index in [1.807, 2.05) is 84.9 Å². The summed E-state index contributed by atoms with van der Waals surface area (Å²) >= 11 is 1.60. The number of carbonyl (C=O) groups excluding carboxylic acids is 1. The number of carboxylic acids is 2. The van der Waals surface area contributed by atoms with Gasteiger partial charge in [0.05, 0.1) is 24.4 Å². The molecule has 4 N–H and O–H groups in total. The fourth-order valence-electron chi connectivity index (χ4n) is 5.64. The Balaban J connectivity index is 1.32. The van der Waals surface area contributed by atoms with E-state index in [0.29, 0.717) is 18.7 Å². The minimum atomic E-state index is -0.961. The summed E-state index contributed by atoms with van der Waals surface area (Å²) in [5, 5.41) is 30.5. The van der Waals surface area contributed by atoms with E-state index in [-0.39, 0.29) is 49.0 Å². The quantitative estimate of drug-likeness (QED) is 0.104. The molecule has 4 atom stereocenters. The molecule has 0 aliphatic carbocycles. The van der Waals surface area contributed by atoms with Crippen molar-refractivity contribution in [2.45, 2.75) is 62.7 Å². The zero-order valence-corrected chi connectivity index (χ0v) is 27.4. The fraction of sp³-hybridized carbons (Fsp3) is 0.289. The van der Waals surface area contributed by atoms with Crippen LogP contribution in [0.5, 0.6) is 0 Å². The lowest BCUT2D eigenvalue weighted by Gasteiger charge is -2.41. The molecular weight excluding hydrogens is 630 g/mol. The predicted octanol–water partition coefficient (Wildman–Crippen LogP) is 7.00. The molecule has 4 aromatic rings. The molecule has 0 aromatic heterocycles. The molecule has 1 amide bonds. The van der Waals surface area contributed by atoms with Crippen molar-refractivity contribution in [1.29, 1.82) is 0 Å². The van der Waals surface area contributed by atoms with E-state index in [0.717, 1.165) is 38.3 Å². The highest BCUT2D eigenvalue weighted by Crippen LogP contribution is 2.43. The first-order valence-electron chi connectivity index (χ1n) is 15.9. The Morgan fingerprint density at radius 1 is 0.812 bits per heavy atom. The molecule has 1 fully saturated rings. The number of thioether (sulfide) groups is 1. The van der Waals surface area contributed by atoms with Gasteiger partial charge < -0.3 is 30.1 Å². The van der Waals surface area contributed by atoms with Crippen molar-refractivity contribution in [3.63, 3.8) is 0 Å². The summed E-state index contributed by atoms with van der Waals surface area (Å²) in [6.45, 7) is 2.39. The Hall–Kier alpha value is -4.48. The lowest BCUT2D eigenvalue weighted by Crippen LogP contribution is -2.38. The van der Waals surface area contributed by atoms with Crippen LogP contribution < -0.4 is 5.32 Å². The summed E-state index contributed by atoms with van der Waals surface area (Å²) in [5.74, 6) is -1.43. The number of aromatic carboxylic acids is 1. The highest BCUT2D eigenvalue weighted by molar-refractivity contribution is 7.99. The SMILES string of the molecule is C[C@@H]1[C@H](CSc2ccc(C(=O)O)cc2)O[C@H](c2ccc(-c3ccccc3CNC(=O)CCCC(=O)O)cc2)O[C@@H]1c1ccc(CO)cc1. The van der Waals surface area contributed by atoms with Gasteiger partial charge in [0.15, 0.2) is 6.29 Å². The Morgan fingerprint density at radius 2 is 1.50 bits per heavy atom. The van der Waals surface area contributed by atoms with Crippen molar-refractivity contribution in [1.82, 2.24) is 5.32 Å². The Labute approximate surface area is 283 Å². The molecule has 0 saturated carbocycles. The van der Waals surface area contributed by atoms with Crippen molar-refractivity contribution >= 4 is 29.6 Å². The molecular formula is C38H39NO8S. The van der Waals surface area contributed by atoms with Crippen molar-refractivity contribution in [3.8, 4) is 11.1 Å². The Kier molecular flexibility index (Phi) is 12.0. The largest absolute Gasteiger partial charge is 0.481 e. The minimum absolute atomic E-state index is 0.00231. The Bertz CT molecular complexity index is 1690. The van der Waals surface area contributed by atoms with Crippen molar-refractivity contribution in [2.75, 3.05) is 5.75 Å². The second-order valence-electron chi connectivity index (χ2n) is 11.8. The lowest BCUT2D eigenvalue weighted by molar-refractivity contribution is -0.268. The smallest absolute Gasteiger partial charge is 0.335 e. The highest BCUT2D eigenvalue weighted by atomic mass is 32.2. The third-order valence-corrected chi connectivity index (χ3v) is 9.52. The van der Waals surface area contributed by atoms with Gasteiger partial charge >= 0.3 is 11.9 Å². The maximum atomic E-state index is 12.3. The molecule has 9 nitrogen and oxygen atoms in total. The van der Waals surface area contributed by atoms with Crippen LogP contribution in [0, 0.1) is 5.92 Å². The fourth-order valence-corrected chi connectivity index (χ4v) is 6.71. The number of amides is 1. The number of benzene rings is 4. The number of ether oxygens (including phenoxy) is 2. The van der Waals surface area contributed by atoms with Crippen molar-refractivity contribution in [2.24, 2.45) is 5.92 Å². The molecule has 0 unspecified atom stereocenters. The summed E-state index contributed by atoms with van der Waals surface area (Å²) in [6, 6.07) is 30.4. The van der Waals surface area contributed by atoms with Crippen molar-refractivity contribution < 1.29 is 39.2 Å². The van der Waals surface area contributed by atoms with Crippen LogP contribution in [0.25, 0.3) is 11.1 Å². The van der Waals surface area contributed by atoms with Crippen LogP contribution >= 0.6 is 11.8 Å². The number of carbonyl (C=O) groups is 3. The lowest BCUT2D eigenvalue weighted by atomic mass is 9.91. The molecule has 1 aliphatic heterocycles. The normalized spacial score (nSPS) is 19.0. The number of aliphatic hydroxyl groups is 1. The molecule has 48 heavy (non-hydrogen) atoms. The first-order chi connectivity index (χ1) is 23.2. The molecule has 1 heterocycles. The average molecular weight is 670 g/mol. The van der Waals surface area contributed by atoms with E-state index in [9.17, 15) is 24.6 Å². The van der Waals surface area contributed by atoms with Crippen LogP contribution in [0.4, 0.5) is 0 Å². The Morgan fingerprint density at radius 3 is 2.17 bits per heavy atom. The second kappa shape index (κ2) is 16.6. The van der Waals surface area contributed by atoms with Crippen LogP contribution in [0.15, 0.2) is 102 Å². The molecule has 1 aliphatic rings. The van der Waals surface area contributed by atoms with Gasteiger partial charge in [0.1, 0.15) is 0 Å². The van der Waals surface area contributed by atoms with E-state index < -0.39 is 18.2 Å². The molecule has 5 rings (SSSR count). The molecule has 250 valence electrons. The zero-order chi connectivity index (χ0) is 34.0. The number of aliphatic carboxylic acids is 1. The summed E-state index contributed by atoms with van der Waals surface area (Å²) in [7, 11) is 0. The molecule has 10 heteroatoms. The number of aliphatic hydroxyl groups excluding tert-OH is 1. The topological polar surface area (TPSA) is 142 Å². The molecule has 0 radical (unpaired) electrons. The van der Waals surface area contributed by atoms with E-state index in [1.54, 1.807) is 23.9 Å². The summed E-state index contributed by atoms with van der Waals surface area (Å²) in [4.78, 5) is 35.3. The molecule has 0 bridgehead atoms. The van der Waals surface area contributed by atoms with Gasteiger partial charge in [0, 0.05) is 41.5 Å². The van der Waals surface area contributed by atoms with Gasteiger partial charge in [-0.1, -0.05) is 79.7 Å². The van der Waals surface area contributed by atoms with Gasteiger partial charge in [0.25, 0.3) is 0 Å². The highest BCUT2D eigenvalue weighted by Gasteiger charge is 2.38. The molecule has 1 saturated heterocycles. The maximum absolute atomic E-state index is 12.3. The standard InChI is InChI=1S/C38H39NO8S/c1-24-33(23-48-31-19-17-28(18-20-31)37(44)45)46-38(47-36(24)27-11-9-25(22-40)10-12-27)29-15-13-26(14-16-29)32-6-3-2-5-30(32)21-39-34(41)7-4-8-35(42)43/h2-3,5-6,9-20,24,33,36,38,40H,4,7-8,21-23H2,1H3,(H,39,41)(H,42,43)(H,44,45)/t24-,33+,36+,38+/m1/s1. The second-order valence-corrected chi connectivity index (χ2v) is 12.9. The van der Waals surface area contributed by atoms with Crippen LogP contribution in [0.2, 0.25) is 0 Å². The number of carboxylic acid groups (broad SMARTS) is 2. The van der Waals surface area contributed by atoms with Gasteiger partial charge in [-0.2, -0.15) is 0 Å². The van der Waals surface area contributed by atoms with Gasteiger partial charge in [-0.3, -0.25) is 9.59 Å². The van der Waals surface area contributed by atoms with E-state index in [2.05, 4.69) is 12.2 Å². The molecule has 4 aromatic carbocycles. The molecule has 0 spiro atoms. The number of nitrogens with one attached hydrogen (secondary N) is 1. The monoisotopic (exact) mass is 669 g/mol. The van der Waals surface area contributed by atoms with Crippen molar-refractivity contribution in [3.05, 3.63) is 125 Å². The number of hydrogen-bond acceptors (Lipinski definition) is 7. The summed E-state index contributed by atoms with van der Waals surface area (Å²) < 4.78 is 13.2. The number of rotatable bonds is 14. The average Bonchev–Trinajstić information content (AvgIpc) is 3.10.